The molecular formula is C14H28N2O. The Morgan fingerprint density at radius 2 is 1.82 bits per heavy atom. The molecule has 17 heavy (non-hydrogen) atoms. The van der Waals surface area contributed by atoms with E-state index in [2.05, 4.69) is 12.2 Å². The molecule has 3 heteroatoms. The van der Waals surface area contributed by atoms with Gasteiger partial charge in [-0.05, 0) is 44.1 Å². The fourth-order valence-electron chi connectivity index (χ4n) is 2.62. The van der Waals surface area contributed by atoms with E-state index >= 15 is 0 Å². The first-order valence-electron chi connectivity index (χ1n) is 7.23. The van der Waals surface area contributed by atoms with Gasteiger partial charge in [0.25, 0.3) is 0 Å². The minimum Gasteiger partial charge on any atom is -0.356 e. The second-order valence-corrected chi connectivity index (χ2v) is 5.34. The topological polar surface area (TPSA) is 55.1 Å². The van der Waals surface area contributed by atoms with Crippen molar-refractivity contribution >= 4 is 5.91 Å². The fourth-order valence-corrected chi connectivity index (χ4v) is 2.62. The van der Waals surface area contributed by atoms with Crippen LogP contribution in [-0.4, -0.2) is 19.0 Å². The number of hydrogen-bond acceptors (Lipinski definition) is 2. The van der Waals surface area contributed by atoms with Gasteiger partial charge < -0.3 is 11.1 Å². The summed E-state index contributed by atoms with van der Waals surface area (Å²) in [6, 6.07) is 0. The Morgan fingerprint density at radius 1 is 1.18 bits per heavy atom. The third-order valence-corrected chi connectivity index (χ3v) is 3.99. The quantitative estimate of drug-likeness (QED) is 0.672. The Kier molecular flexibility index (Phi) is 7.25. The van der Waals surface area contributed by atoms with Crippen LogP contribution in [0.1, 0.15) is 58.3 Å². The van der Waals surface area contributed by atoms with E-state index in [1.165, 1.54) is 32.1 Å². The van der Waals surface area contributed by atoms with Crippen molar-refractivity contribution in [1.29, 1.82) is 0 Å². The summed E-state index contributed by atoms with van der Waals surface area (Å²) < 4.78 is 0. The number of unbranched alkanes of at least 4 members (excludes halogenated alkanes) is 1. The normalized spacial score (nSPS) is 24.6. The zero-order chi connectivity index (χ0) is 12.5. The maximum absolute atomic E-state index is 11.5. The van der Waals surface area contributed by atoms with Crippen LogP contribution in [-0.2, 0) is 4.79 Å². The predicted molar refractivity (Wildman–Crippen MR) is 71.7 cm³/mol. The highest BCUT2D eigenvalue weighted by Crippen LogP contribution is 2.30. The lowest BCUT2D eigenvalue weighted by molar-refractivity contribution is -0.121. The molecule has 1 rings (SSSR count). The van der Waals surface area contributed by atoms with Gasteiger partial charge in [0.2, 0.25) is 5.91 Å². The summed E-state index contributed by atoms with van der Waals surface area (Å²) in [5, 5.41) is 3.06. The molecule has 1 saturated carbocycles. The number of hydrogen-bond donors (Lipinski definition) is 2. The van der Waals surface area contributed by atoms with Crippen LogP contribution in [0.4, 0.5) is 0 Å². The van der Waals surface area contributed by atoms with E-state index < -0.39 is 0 Å². The van der Waals surface area contributed by atoms with Crippen LogP contribution in [0, 0.1) is 11.8 Å². The van der Waals surface area contributed by atoms with E-state index in [1.807, 2.05) is 0 Å². The Balaban J connectivity index is 2.04. The first kappa shape index (κ1) is 14.5. The lowest BCUT2D eigenvalue weighted by Crippen LogP contribution is -2.31. The van der Waals surface area contributed by atoms with E-state index in [0.717, 1.165) is 31.2 Å². The van der Waals surface area contributed by atoms with Crippen molar-refractivity contribution in [3.05, 3.63) is 0 Å². The third-order valence-electron chi connectivity index (χ3n) is 3.99. The molecule has 3 nitrogen and oxygen atoms in total. The van der Waals surface area contributed by atoms with Crippen molar-refractivity contribution in [1.82, 2.24) is 5.32 Å². The molecular weight excluding hydrogens is 212 g/mol. The molecule has 1 amide bonds. The Labute approximate surface area is 106 Å². The highest BCUT2D eigenvalue weighted by Gasteiger charge is 2.19. The maximum atomic E-state index is 11.5. The standard InChI is InChI=1S/C14H28N2O/c1-2-12-6-8-13(9-7-12)11-16-14(17)5-3-4-10-15/h12-13H,2-11,15H2,1H3,(H,16,17). The van der Waals surface area contributed by atoms with Crippen LogP contribution in [0.15, 0.2) is 0 Å². The molecule has 3 N–H and O–H groups in total. The number of nitrogens with one attached hydrogen (secondary N) is 1. The molecule has 0 saturated heterocycles. The summed E-state index contributed by atoms with van der Waals surface area (Å²) in [5.41, 5.74) is 5.40. The zero-order valence-electron chi connectivity index (χ0n) is 11.2. The first-order valence-corrected chi connectivity index (χ1v) is 7.23. The van der Waals surface area contributed by atoms with Gasteiger partial charge in [0.15, 0.2) is 0 Å². The Morgan fingerprint density at radius 3 is 2.41 bits per heavy atom. The lowest BCUT2D eigenvalue weighted by atomic mass is 9.81. The molecule has 0 aromatic carbocycles. The molecule has 0 radical (unpaired) electrons. The van der Waals surface area contributed by atoms with Crippen LogP contribution in [0.5, 0.6) is 0 Å². The smallest absolute Gasteiger partial charge is 0.220 e. The van der Waals surface area contributed by atoms with E-state index in [-0.39, 0.29) is 5.91 Å². The fraction of sp³-hybridized carbons (Fsp3) is 0.929. The van der Waals surface area contributed by atoms with Crippen molar-refractivity contribution in [2.75, 3.05) is 13.1 Å². The van der Waals surface area contributed by atoms with Gasteiger partial charge in [0.1, 0.15) is 0 Å². The van der Waals surface area contributed by atoms with Crippen LogP contribution in [0.3, 0.4) is 0 Å². The average Bonchev–Trinajstić information content (AvgIpc) is 2.37. The van der Waals surface area contributed by atoms with E-state index in [1.54, 1.807) is 0 Å². The monoisotopic (exact) mass is 240 g/mol. The minimum atomic E-state index is 0.205. The molecule has 1 aliphatic carbocycles. The molecule has 100 valence electrons. The summed E-state index contributed by atoms with van der Waals surface area (Å²) >= 11 is 0. The van der Waals surface area contributed by atoms with Crippen LogP contribution in [0.2, 0.25) is 0 Å². The SMILES string of the molecule is CCC1CCC(CNC(=O)CCCCN)CC1. The number of rotatable bonds is 7. The van der Waals surface area contributed by atoms with Gasteiger partial charge >= 0.3 is 0 Å². The van der Waals surface area contributed by atoms with Gasteiger partial charge in [-0.3, -0.25) is 4.79 Å². The summed E-state index contributed by atoms with van der Waals surface area (Å²) in [5.74, 6) is 1.86. The lowest BCUT2D eigenvalue weighted by Gasteiger charge is -2.27. The molecule has 0 bridgehead atoms. The van der Waals surface area contributed by atoms with Crippen molar-refractivity contribution < 1.29 is 4.79 Å². The molecule has 0 aliphatic heterocycles. The first-order chi connectivity index (χ1) is 8.26. The van der Waals surface area contributed by atoms with Gasteiger partial charge in [-0.25, -0.2) is 0 Å². The Hall–Kier alpha value is -0.570. The summed E-state index contributed by atoms with van der Waals surface area (Å²) in [6.07, 6.45) is 9.12. The van der Waals surface area contributed by atoms with Gasteiger partial charge in [-0.1, -0.05) is 26.2 Å². The average molecular weight is 240 g/mol. The van der Waals surface area contributed by atoms with Crippen molar-refractivity contribution in [3.8, 4) is 0 Å². The maximum Gasteiger partial charge on any atom is 0.220 e. The summed E-state index contributed by atoms with van der Waals surface area (Å²) in [6.45, 7) is 3.86. The van der Waals surface area contributed by atoms with Crippen LogP contribution in [0.25, 0.3) is 0 Å². The largest absolute Gasteiger partial charge is 0.356 e. The molecule has 0 aromatic heterocycles. The zero-order valence-corrected chi connectivity index (χ0v) is 11.2. The number of carbonyl (C=O) groups excluding carboxylic acids is 1. The number of nitrogens with two attached hydrogens (primary N) is 1. The summed E-state index contributed by atoms with van der Waals surface area (Å²) in [4.78, 5) is 11.5. The minimum absolute atomic E-state index is 0.205. The Bertz CT molecular complexity index is 210. The molecule has 0 atom stereocenters. The van der Waals surface area contributed by atoms with E-state index in [4.69, 9.17) is 5.73 Å². The van der Waals surface area contributed by atoms with Gasteiger partial charge in [0.05, 0.1) is 0 Å². The molecule has 0 unspecified atom stereocenters. The van der Waals surface area contributed by atoms with Gasteiger partial charge in [-0.2, -0.15) is 0 Å². The molecule has 0 aromatic rings. The van der Waals surface area contributed by atoms with Crippen molar-refractivity contribution in [2.45, 2.75) is 58.3 Å². The molecule has 1 fully saturated rings. The highest BCUT2D eigenvalue weighted by molar-refractivity contribution is 5.75. The van der Waals surface area contributed by atoms with E-state index in [9.17, 15) is 4.79 Å². The van der Waals surface area contributed by atoms with Gasteiger partial charge in [0, 0.05) is 13.0 Å². The van der Waals surface area contributed by atoms with Crippen molar-refractivity contribution in [3.63, 3.8) is 0 Å². The number of amides is 1. The molecule has 1 aliphatic rings. The van der Waals surface area contributed by atoms with Crippen LogP contribution >= 0.6 is 0 Å². The van der Waals surface area contributed by atoms with E-state index in [0.29, 0.717) is 13.0 Å². The second kappa shape index (κ2) is 8.51. The third kappa shape index (κ3) is 6.06. The predicted octanol–water partition coefficient (Wildman–Crippen LogP) is 2.45. The summed E-state index contributed by atoms with van der Waals surface area (Å²) in [7, 11) is 0. The van der Waals surface area contributed by atoms with Crippen LogP contribution < -0.4 is 11.1 Å². The molecule has 0 spiro atoms. The highest BCUT2D eigenvalue weighted by atomic mass is 16.1. The van der Waals surface area contributed by atoms with Gasteiger partial charge in [-0.15, -0.1) is 0 Å². The second-order valence-electron chi connectivity index (χ2n) is 5.34. The number of carbonyl (C=O) groups is 1. The molecule has 0 heterocycles. The van der Waals surface area contributed by atoms with Crippen molar-refractivity contribution in [2.24, 2.45) is 17.6 Å².